The maximum absolute atomic E-state index is 6.87. The van der Waals surface area contributed by atoms with Crippen LogP contribution in [0.5, 0.6) is 0 Å². The lowest BCUT2D eigenvalue weighted by molar-refractivity contribution is 0.323. The Morgan fingerprint density at radius 3 is 1.83 bits per heavy atom. The fraction of sp³-hybridized carbons (Fsp3) is 0.750. The van der Waals surface area contributed by atoms with E-state index in [1.165, 1.54) is 0 Å². The van der Waals surface area contributed by atoms with E-state index in [0.717, 1.165) is 0 Å². The third-order valence-electron chi connectivity index (χ3n) is 2.71. The molecule has 0 rings (SSSR count). The van der Waals surface area contributed by atoms with Crippen molar-refractivity contribution in [2.45, 2.75) is 51.1 Å². The van der Waals surface area contributed by atoms with Crippen molar-refractivity contribution in [2.24, 2.45) is 0 Å². The molecule has 1 atom stereocenters. The van der Waals surface area contributed by atoms with Gasteiger partial charge in [-0.25, -0.2) is 0 Å². The molecule has 1 nitrogen and oxygen atoms in total. The van der Waals surface area contributed by atoms with Crippen LogP contribution in [0.3, 0.4) is 0 Å². The maximum atomic E-state index is 6.87. The van der Waals surface area contributed by atoms with Gasteiger partial charge in [0.1, 0.15) is 5.39 Å². The summed E-state index contributed by atoms with van der Waals surface area (Å²) < 4.78 is 5.46. The van der Waals surface area contributed by atoms with Gasteiger partial charge in [0.2, 0.25) is 0 Å². The SMILES string of the molecule is CC=C=C(OC)P(=S)(Cl)C([Si](C)(C)C)[Si](C)(C)C. The number of halogens is 1. The van der Waals surface area contributed by atoms with E-state index in [1.807, 2.05) is 13.0 Å². The molecule has 6 heteroatoms. The third kappa shape index (κ3) is 4.66. The molecule has 0 fully saturated rings. The zero-order valence-electron chi connectivity index (χ0n) is 12.8. The van der Waals surface area contributed by atoms with Gasteiger partial charge in [0, 0.05) is 0 Å². The number of methoxy groups -OCH3 is 1. The molecule has 0 aliphatic heterocycles. The highest BCUT2D eigenvalue weighted by Gasteiger charge is 2.48. The van der Waals surface area contributed by atoms with Crippen LogP contribution < -0.4 is 0 Å². The van der Waals surface area contributed by atoms with Gasteiger partial charge in [0.15, 0.2) is 5.50 Å². The first-order valence-corrected chi connectivity index (χ1v) is 17.1. The lowest BCUT2D eigenvalue weighted by Crippen LogP contribution is -2.53. The number of allylic oxidation sites excluding steroid dienone is 1. The summed E-state index contributed by atoms with van der Waals surface area (Å²) in [6.45, 7) is 16.1. The minimum absolute atomic E-state index is 0.455. The molecule has 0 aliphatic carbocycles. The normalized spacial score (nSPS) is 15.9. The lowest BCUT2D eigenvalue weighted by Gasteiger charge is -2.42. The molecule has 18 heavy (non-hydrogen) atoms. The topological polar surface area (TPSA) is 9.23 Å². The second-order valence-corrected chi connectivity index (χ2v) is 24.8. The van der Waals surface area contributed by atoms with Crippen molar-refractivity contribution in [3.8, 4) is 0 Å². The molecule has 0 aromatic carbocycles. The van der Waals surface area contributed by atoms with E-state index >= 15 is 0 Å². The van der Waals surface area contributed by atoms with Crippen molar-refractivity contribution in [3.63, 3.8) is 0 Å². The molecule has 0 aromatic heterocycles. The summed E-state index contributed by atoms with van der Waals surface area (Å²) >= 11 is 12.7. The van der Waals surface area contributed by atoms with Crippen LogP contribution in [0, 0.1) is 0 Å². The van der Waals surface area contributed by atoms with Crippen molar-refractivity contribution < 1.29 is 4.74 Å². The standard InChI is InChI=1S/C12H26ClOPSSi2/c1-9-10-11(14-2)15(13,16)12(17(3,4)5)18(6,7)8/h9,12H,1-8H3. The van der Waals surface area contributed by atoms with E-state index in [0.29, 0.717) is 10.4 Å². The Balaban J connectivity index is 5.95. The molecule has 0 amide bonds. The van der Waals surface area contributed by atoms with Crippen molar-refractivity contribution in [2.75, 3.05) is 7.11 Å². The molecular weight excluding hydrogens is 315 g/mol. The summed E-state index contributed by atoms with van der Waals surface area (Å²) in [5.74, 6) is 0. The van der Waals surface area contributed by atoms with Gasteiger partial charge in [0.05, 0.1) is 23.3 Å². The quantitative estimate of drug-likeness (QED) is 0.286. The zero-order valence-corrected chi connectivity index (χ0v) is 17.3. The van der Waals surface area contributed by atoms with Crippen molar-refractivity contribution in [1.82, 2.24) is 0 Å². The molecule has 0 N–H and O–H groups in total. The minimum Gasteiger partial charge on any atom is -0.487 e. The Kier molecular flexibility index (Phi) is 6.68. The fourth-order valence-electron chi connectivity index (χ4n) is 2.81. The van der Waals surface area contributed by atoms with Crippen molar-refractivity contribution in [3.05, 3.63) is 17.3 Å². The Morgan fingerprint density at radius 1 is 1.22 bits per heavy atom. The van der Waals surface area contributed by atoms with Crippen LogP contribution in [-0.4, -0.2) is 28.2 Å². The van der Waals surface area contributed by atoms with E-state index in [1.54, 1.807) is 7.11 Å². The highest BCUT2D eigenvalue weighted by molar-refractivity contribution is 8.30. The Morgan fingerprint density at radius 2 is 1.61 bits per heavy atom. The lowest BCUT2D eigenvalue weighted by atomic mass is 10.7. The van der Waals surface area contributed by atoms with Crippen LogP contribution in [0.25, 0.3) is 0 Å². The average molecular weight is 341 g/mol. The van der Waals surface area contributed by atoms with E-state index in [4.69, 9.17) is 27.8 Å². The zero-order chi connectivity index (χ0) is 14.8. The van der Waals surface area contributed by atoms with Gasteiger partial charge in [-0.3, -0.25) is 0 Å². The molecule has 0 bridgehead atoms. The molecule has 0 aliphatic rings. The Bertz CT molecular complexity index is 389. The van der Waals surface area contributed by atoms with Crippen LogP contribution in [0.4, 0.5) is 0 Å². The molecule has 106 valence electrons. The van der Waals surface area contributed by atoms with Gasteiger partial charge < -0.3 is 4.74 Å². The summed E-state index contributed by atoms with van der Waals surface area (Å²) in [4.78, 5) is 0.455. The van der Waals surface area contributed by atoms with Gasteiger partial charge in [-0.05, 0) is 17.9 Å². The first kappa shape index (κ1) is 18.7. The summed E-state index contributed by atoms with van der Waals surface area (Å²) in [5, 5.41) is -2.19. The monoisotopic (exact) mass is 340 g/mol. The molecule has 0 spiro atoms. The van der Waals surface area contributed by atoms with E-state index in [-0.39, 0.29) is 0 Å². The van der Waals surface area contributed by atoms with Crippen LogP contribution in [0.15, 0.2) is 17.3 Å². The Hall–Kier alpha value is 0.694. The Labute approximate surface area is 124 Å². The summed E-state index contributed by atoms with van der Waals surface area (Å²) in [6.07, 6.45) is 1.84. The minimum atomic E-state index is -2.19. The second-order valence-electron chi connectivity index (χ2n) is 6.65. The molecule has 0 heterocycles. The van der Waals surface area contributed by atoms with Gasteiger partial charge in [-0.15, -0.1) is 0 Å². The predicted molar refractivity (Wildman–Crippen MR) is 94.9 cm³/mol. The largest absolute Gasteiger partial charge is 0.487 e. The number of hydrogen-bond donors (Lipinski definition) is 0. The molecule has 0 radical (unpaired) electrons. The van der Waals surface area contributed by atoms with Gasteiger partial charge in [-0.1, -0.05) is 68.1 Å². The highest BCUT2D eigenvalue weighted by atomic mass is 35.7. The first-order chi connectivity index (χ1) is 7.89. The first-order valence-electron chi connectivity index (χ1n) is 6.14. The molecular formula is C12H26ClOPSSi2. The fourth-order valence-corrected chi connectivity index (χ4v) is 34.4. The van der Waals surface area contributed by atoms with E-state index in [9.17, 15) is 0 Å². The molecule has 0 aromatic rings. The van der Waals surface area contributed by atoms with Gasteiger partial charge in [-0.2, -0.15) is 0 Å². The predicted octanol–water partition coefficient (Wildman–Crippen LogP) is 5.41. The van der Waals surface area contributed by atoms with Crippen LogP contribution >= 0.6 is 16.6 Å². The molecule has 1 unspecified atom stereocenters. The third-order valence-corrected chi connectivity index (χ3v) is 24.0. The van der Waals surface area contributed by atoms with E-state index < -0.39 is 21.5 Å². The van der Waals surface area contributed by atoms with Crippen LogP contribution in [0.1, 0.15) is 6.92 Å². The smallest absolute Gasteiger partial charge is 0.184 e. The molecule has 0 saturated heterocycles. The summed E-state index contributed by atoms with van der Waals surface area (Å²) in [6, 6.07) is 0. The van der Waals surface area contributed by atoms with Gasteiger partial charge in [0.25, 0.3) is 0 Å². The van der Waals surface area contributed by atoms with Crippen LogP contribution in [0.2, 0.25) is 39.3 Å². The number of ether oxygens (including phenoxy) is 1. The van der Waals surface area contributed by atoms with E-state index in [2.05, 4.69) is 45.0 Å². The van der Waals surface area contributed by atoms with Gasteiger partial charge >= 0.3 is 0 Å². The van der Waals surface area contributed by atoms with Crippen LogP contribution in [-0.2, 0) is 16.5 Å². The van der Waals surface area contributed by atoms with Crippen molar-refractivity contribution >= 4 is 44.6 Å². The van der Waals surface area contributed by atoms with Crippen molar-refractivity contribution in [1.29, 1.82) is 0 Å². The average Bonchev–Trinajstić information content (AvgIpc) is 2.07. The summed E-state index contributed by atoms with van der Waals surface area (Å²) in [7, 11) is -1.24. The highest BCUT2D eigenvalue weighted by Crippen LogP contribution is 2.67. The second kappa shape index (κ2) is 6.43. The number of hydrogen-bond acceptors (Lipinski definition) is 2. The maximum Gasteiger partial charge on any atom is 0.184 e. The summed E-state index contributed by atoms with van der Waals surface area (Å²) in [5.41, 5.74) is 3.83. The number of rotatable bonds is 5. The molecule has 0 saturated carbocycles.